The fraction of sp³-hybridized carbons (Fsp3) is 0.333. The molecular formula is C9H11NO3. The zero-order chi connectivity index (χ0) is 10.3. The van der Waals surface area contributed by atoms with Crippen LogP contribution in [0.1, 0.15) is 6.42 Å². The van der Waals surface area contributed by atoms with Gasteiger partial charge in [-0.15, -0.1) is 13.0 Å². The van der Waals surface area contributed by atoms with Crippen molar-refractivity contribution in [3.63, 3.8) is 0 Å². The third-order valence-electron chi connectivity index (χ3n) is 1.28. The van der Waals surface area contributed by atoms with Gasteiger partial charge in [0.05, 0.1) is 6.54 Å². The fourth-order valence-corrected chi connectivity index (χ4v) is 0.758. The molecule has 0 aromatic rings. The van der Waals surface area contributed by atoms with Gasteiger partial charge >= 0.3 is 5.97 Å². The Bertz CT molecular complexity index is 252. The topological polar surface area (TPSA) is 57.6 Å². The summed E-state index contributed by atoms with van der Waals surface area (Å²) >= 11 is 0. The molecule has 0 aromatic carbocycles. The molecule has 0 spiro atoms. The van der Waals surface area contributed by atoms with Gasteiger partial charge in [0, 0.05) is 6.42 Å². The minimum absolute atomic E-state index is 0.0129. The number of hydrogen-bond acceptors (Lipinski definition) is 2. The largest absolute Gasteiger partial charge is 0.480 e. The number of carbonyl (C=O) groups excluding carboxylic acids is 1. The lowest BCUT2D eigenvalue weighted by molar-refractivity contribution is -0.143. The molecule has 0 rings (SSSR count). The maximum Gasteiger partial charge on any atom is 0.323 e. The molecule has 0 atom stereocenters. The van der Waals surface area contributed by atoms with Crippen LogP contribution in [-0.4, -0.2) is 35.0 Å². The van der Waals surface area contributed by atoms with Crippen molar-refractivity contribution in [1.82, 2.24) is 4.90 Å². The van der Waals surface area contributed by atoms with Gasteiger partial charge in [0.25, 0.3) is 0 Å². The molecule has 0 aromatic heterocycles. The van der Waals surface area contributed by atoms with Crippen molar-refractivity contribution in [2.75, 3.05) is 13.1 Å². The Morgan fingerprint density at radius 1 is 1.62 bits per heavy atom. The maximum absolute atomic E-state index is 11.2. The second-order valence-corrected chi connectivity index (χ2v) is 2.34. The zero-order valence-corrected chi connectivity index (χ0v) is 7.19. The van der Waals surface area contributed by atoms with Crippen LogP contribution in [0.4, 0.5) is 0 Å². The number of terminal acetylenes is 1. The van der Waals surface area contributed by atoms with Crippen molar-refractivity contribution in [3.8, 4) is 12.3 Å². The Balaban J connectivity index is 4.23. The van der Waals surface area contributed by atoms with Crippen LogP contribution < -0.4 is 0 Å². The minimum atomic E-state index is -1.08. The Kier molecular flexibility index (Phi) is 5.05. The summed E-state index contributed by atoms with van der Waals surface area (Å²) in [5.74, 6) is 0.820. The first-order valence-electron chi connectivity index (χ1n) is 3.65. The molecule has 1 N–H and O–H groups in total. The summed E-state index contributed by atoms with van der Waals surface area (Å²) in [5, 5.41) is 8.44. The number of carbonyl (C=O) groups is 2. The highest BCUT2D eigenvalue weighted by molar-refractivity contribution is 5.82. The average Bonchev–Trinajstić information content (AvgIpc) is 2.03. The number of carboxylic acid groups (broad SMARTS) is 1. The van der Waals surface area contributed by atoms with E-state index in [0.717, 1.165) is 4.90 Å². The van der Waals surface area contributed by atoms with Crippen molar-refractivity contribution in [3.05, 3.63) is 12.7 Å². The van der Waals surface area contributed by atoms with Crippen molar-refractivity contribution >= 4 is 11.9 Å². The fourth-order valence-electron chi connectivity index (χ4n) is 0.758. The van der Waals surface area contributed by atoms with Crippen LogP contribution in [0.2, 0.25) is 0 Å². The summed E-state index contributed by atoms with van der Waals surface area (Å²) in [4.78, 5) is 22.6. The van der Waals surface area contributed by atoms with Gasteiger partial charge in [-0.1, -0.05) is 12.0 Å². The van der Waals surface area contributed by atoms with E-state index in [9.17, 15) is 9.59 Å². The smallest absolute Gasteiger partial charge is 0.323 e. The maximum atomic E-state index is 11.2. The monoisotopic (exact) mass is 181 g/mol. The predicted octanol–water partition coefficient (Wildman–Crippen LogP) is 0.109. The molecule has 70 valence electrons. The number of carboxylic acids is 1. The number of hydrogen-bond donors (Lipinski definition) is 1. The summed E-state index contributed by atoms with van der Waals surface area (Å²) in [6.45, 7) is 3.02. The third kappa shape index (κ3) is 4.64. The van der Waals surface area contributed by atoms with Gasteiger partial charge in [0.1, 0.15) is 6.54 Å². The summed E-state index contributed by atoms with van der Waals surface area (Å²) in [6.07, 6.45) is 6.49. The molecule has 0 fully saturated rings. The third-order valence-corrected chi connectivity index (χ3v) is 1.28. The predicted molar refractivity (Wildman–Crippen MR) is 47.9 cm³/mol. The van der Waals surface area contributed by atoms with Gasteiger partial charge in [-0.2, -0.15) is 0 Å². The SMILES string of the molecule is C#CCN(CC(=O)O)C(=O)CC=C. The first-order chi connectivity index (χ1) is 6.11. The highest BCUT2D eigenvalue weighted by Gasteiger charge is 2.13. The Labute approximate surface area is 76.8 Å². The van der Waals surface area contributed by atoms with Gasteiger partial charge in [0.2, 0.25) is 5.91 Å². The summed E-state index contributed by atoms with van der Waals surface area (Å²) in [5.41, 5.74) is 0. The Morgan fingerprint density at radius 3 is 2.62 bits per heavy atom. The molecule has 0 aliphatic carbocycles. The minimum Gasteiger partial charge on any atom is -0.480 e. The molecule has 0 saturated carbocycles. The lowest BCUT2D eigenvalue weighted by Crippen LogP contribution is -2.35. The molecule has 0 aliphatic heterocycles. The van der Waals surface area contributed by atoms with Gasteiger partial charge in [-0.05, 0) is 0 Å². The number of aliphatic carboxylic acids is 1. The first kappa shape index (κ1) is 11.2. The molecule has 4 nitrogen and oxygen atoms in total. The van der Waals surface area contributed by atoms with Crippen LogP contribution in [0, 0.1) is 12.3 Å². The summed E-state index contributed by atoms with van der Waals surface area (Å²) < 4.78 is 0. The van der Waals surface area contributed by atoms with Crippen LogP contribution >= 0.6 is 0 Å². The molecule has 1 amide bonds. The summed E-state index contributed by atoms with van der Waals surface area (Å²) in [7, 11) is 0. The van der Waals surface area contributed by atoms with E-state index in [2.05, 4.69) is 12.5 Å². The molecule has 0 heterocycles. The first-order valence-corrected chi connectivity index (χ1v) is 3.65. The van der Waals surface area contributed by atoms with Gasteiger partial charge in [-0.3, -0.25) is 9.59 Å². The lowest BCUT2D eigenvalue weighted by Gasteiger charge is -2.16. The number of rotatable bonds is 5. The molecule has 0 unspecified atom stereocenters. The number of amides is 1. The zero-order valence-electron chi connectivity index (χ0n) is 7.19. The van der Waals surface area contributed by atoms with Crippen LogP contribution in [0.5, 0.6) is 0 Å². The molecule has 13 heavy (non-hydrogen) atoms. The summed E-state index contributed by atoms with van der Waals surface area (Å²) in [6, 6.07) is 0. The van der Waals surface area contributed by atoms with E-state index >= 15 is 0 Å². The van der Waals surface area contributed by atoms with Crippen LogP contribution in [0.15, 0.2) is 12.7 Å². The van der Waals surface area contributed by atoms with E-state index in [0.29, 0.717) is 0 Å². The van der Waals surface area contributed by atoms with Gasteiger partial charge in [0.15, 0.2) is 0 Å². The molecule has 0 bridgehead atoms. The molecular weight excluding hydrogens is 170 g/mol. The molecule has 0 saturated heterocycles. The van der Waals surface area contributed by atoms with E-state index in [1.807, 2.05) is 0 Å². The molecule has 0 aliphatic rings. The van der Waals surface area contributed by atoms with Crippen LogP contribution in [0.25, 0.3) is 0 Å². The van der Waals surface area contributed by atoms with Crippen molar-refractivity contribution in [2.24, 2.45) is 0 Å². The van der Waals surface area contributed by atoms with Crippen molar-refractivity contribution in [1.29, 1.82) is 0 Å². The van der Waals surface area contributed by atoms with E-state index in [-0.39, 0.29) is 25.4 Å². The average molecular weight is 181 g/mol. The van der Waals surface area contributed by atoms with Gasteiger partial charge in [-0.25, -0.2) is 0 Å². The second-order valence-electron chi connectivity index (χ2n) is 2.34. The van der Waals surface area contributed by atoms with Crippen molar-refractivity contribution in [2.45, 2.75) is 6.42 Å². The Morgan fingerprint density at radius 2 is 2.23 bits per heavy atom. The normalized spacial score (nSPS) is 8.54. The van der Waals surface area contributed by atoms with E-state index < -0.39 is 5.97 Å². The van der Waals surface area contributed by atoms with E-state index in [4.69, 9.17) is 11.5 Å². The van der Waals surface area contributed by atoms with E-state index in [1.165, 1.54) is 6.08 Å². The standard InChI is InChI=1S/C9H11NO3/c1-3-5-8(11)10(6-4-2)7-9(12)13/h2-3H,1,5-7H2,(H,12,13). The Hall–Kier alpha value is -1.76. The van der Waals surface area contributed by atoms with Crippen molar-refractivity contribution < 1.29 is 14.7 Å². The van der Waals surface area contributed by atoms with Gasteiger partial charge < -0.3 is 10.0 Å². The number of nitrogens with zero attached hydrogens (tertiary/aromatic N) is 1. The second kappa shape index (κ2) is 5.84. The highest BCUT2D eigenvalue weighted by Crippen LogP contribution is 1.94. The van der Waals surface area contributed by atoms with E-state index in [1.54, 1.807) is 0 Å². The quantitative estimate of drug-likeness (QED) is 0.483. The highest BCUT2D eigenvalue weighted by atomic mass is 16.4. The lowest BCUT2D eigenvalue weighted by atomic mass is 10.3. The van der Waals surface area contributed by atoms with Crippen LogP contribution in [-0.2, 0) is 9.59 Å². The molecule has 0 radical (unpaired) electrons. The van der Waals surface area contributed by atoms with Crippen LogP contribution in [0.3, 0.4) is 0 Å². The molecule has 4 heteroatoms.